The number of benzene rings is 2. The van der Waals surface area contributed by atoms with Gasteiger partial charge in [-0.25, -0.2) is 8.42 Å². The van der Waals surface area contributed by atoms with E-state index in [0.29, 0.717) is 18.7 Å². The first-order chi connectivity index (χ1) is 15.0. The highest BCUT2D eigenvalue weighted by molar-refractivity contribution is 7.89. The second kappa shape index (κ2) is 8.55. The number of nitrogens with zero attached hydrogens (tertiary/aromatic N) is 4. The Hall–Kier alpha value is -3.12. The molecule has 31 heavy (non-hydrogen) atoms. The predicted molar refractivity (Wildman–Crippen MR) is 116 cm³/mol. The number of nitriles is 1. The van der Waals surface area contributed by atoms with Crippen LogP contribution in [0.5, 0.6) is 0 Å². The van der Waals surface area contributed by atoms with Crippen LogP contribution in [0.25, 0.3) is 10.9 Å². The fourth-order valence-electron chi connectivity index (χ4n) is 4.10. The summed E-state index contributed by atoms with van der Waals surface area (Å²) in [5, 5.41) is 9.82. The van der Waals surface area contributed by atoms with Crippen LogP contribution in [0.1, 0.15) is 24.1 Å². The highest BCUT2D eigenvalue weighted by atomic mass is 32.2. The van der Waals surface area contributed by atoms with Crippen molar-refractivity contribution < 1.29 is 13.2 Å². The molecule has 157 valence electrons. The molecule has 1 fully saturated rings. The van der Waals surface area contributed by atoms with E-state index in [-0.39, 0.29) is 17.5 Å². The van der Waals surface area contributed by atoms with Crippen molar-refractivity contribution in [3.63, 3.8) is 0 Å². The van der Waals surface area contributed by atoms with Crippen LogP contribution in [0.2, 0.25) is 0 Å². The second-order valence-corrected chi connectivity index (χ2v) is 9.42. The monoisotopic (exact) mass is 433 g/mol. The van der Waals surface area contributed by atoms with E-state index >= 15 is 0 Å². The first-order valence-electron chi connectivity index (χ1n) is 9.93. The molecule has 1 aliphatic heterocycles. The van der Waals surface area contributed by atoms with Gasteiger partial charge < -0.3 is 0 Å². The summed E-state index contributed by atoms with van der Waals surface area (Å²) in [4.78, 5) is 18.4. The molecular formula is C23H21N4O3S. The predicted octanol–water partition coefficient (Wildman–Crippen LogP) is 2.65. The van der Waals surface area contributed by atoms with E-state index in [4.69, 9.17) is 5.26 Å². The summed E-state index contributed by atoms with van der Waals surface area (Å²) < 4.78 is 27.7. The molecule has 0 amide bonds. The highest BCUT2D eigenvalue weighted by Crippen LogP contribution is 2.30. The summed E-state index contributed by atoms with van der Waals surface area (Å²) >= 11 is 0. The Morgan fingerprint density at radius 3 is 2.55 bits per heavy atom. The number of aromatic nitrogens is 1. The minimum absolute atomic E-state index is 0.158. The van der Waals surface area contributed by atoms with Crippen LogP contribution in [-0.4, -0.2) is 54.6 Å². The SMILES string of the molecule is C[C@H]1CN(C([C]=O)c2cccc3ncccc23)CCN1S(=O)(=O)c1ccc(C#N)cc1. The maximum Gasteiger partial charge on any atom is 0.243 e. The first-order valence-corrected chi connectivity index (χ1v) is 11.4. The van der Waals surface area contributed by atoms with Crippen LogP contribution < -0.4 is 0 Å². The van der Waals surface area contributed by atoms with Gasteiger partial charge >= 0.3 is 0 Å². The zero-order valence-electron chi connectivity index (χ0n) is 17.0. The van der Waals surface area contributed by atoms with Crippen molar-refractivity contribution in [1.82, 2.24) is 14.2 Å². The van der Waals surface area contributed by atoms with Crippen LogP contribution in [-0.2, 0) is 14.8 Å². The minimum atomic E-state index is -3.70. The lowest BCUT2D eigenvalue weighted by atomic mass is 10.00. The molecule has 2 atom stereocenters. The number of hydrogen-bond acceptors (Lipinski definition) is 6. The smallest absolute Gasteiger partial charge is 0.243 e. The van der Waals surface area contributed by atoms with Gasteiger partial charge in [-0.15, -0.1) is 0 Å². The fraction of sp³-hybridized carbons (Fsp3) is 0.261. The number of fused-ring (bicyclic) bond motifs is 1. The van der Waals surface area contributed by atoms with Crippen molar-refractivity contribution in [2.24, 2.45) is 0 Å². The van der Waals surface area contributed by atoms with Gasteiger partial charge in [0.2, 0.25) is 16.3 Å². The molecule has 1 aromatic heterocycles. The Balaban J connectivity index is 1.58. The van der Waals surface area contributed by atoms with Gasteiger partial charge in [0.05, 0.1) is 22.0 Å². The zero-order valence-corrected chi connectivity index (χ0v) is 17.8. The number of hydrogen-bond donors (Lipinski definition) is 0. The lowest BCUT2D eigenvalue weighted by molar-refractivity contribution is 0.126. The van der Waals surface area contributed by atoms with Gasteiger partial charge in [-0.05, 0) is 48.9 Å². The third kappa shape index (κ3) is 3.95. The molecule has 1 aliphatic rings. The largest absolute Gasteiger partial charge is 0.289 e. The van der Waals surface area contributed by atoms with Gasteiger partial charge in [0.1, 0.15) is 6.04 Å². The quantitative estimate of drug-likeness (QED) is 0.614. The topological polar surface area (TPSA) is 94.4 Å². The molecule has 4 rings (SSSR count). The van der Waals surface area contributed by atoms with E-state index in [0.717, 1.165) is 16.5 Å². The van der Waals surface area contributed by atoms with Gasteiger partial charge in [-0.1, -0.05) is 18.2 Å². The van der Waals surface area contributed by atoms with Gasteiger partial charge in [0.15, 0.2) is 0 Å². The number of piperazine rings is 1. The van der Waals surface area contributed by atoms with Crippen LogP contribution in [0.4, 0.5) is 0 Å². The van der Waals surface area contributed by atoms with Crippen molar-refractivity contribution in [1.29, 1.82) is 5.26 Å². The average molecular weight is 434 g/mol. The molecule has 7 nitrogen and oxygen atoms in total. The number of rotatable bonds is 5. The van der Waals surface area contributed by atoms with Crippen molar-refractivity contribution in [3.8, 4) is 6.07 Å². The third-order valence-electron chi connectivity index (χ3n) is 5.64. The molecule has 1 saturated heterocycles. The second-order valence-electron chi connectivity index (χ2n) is 7.53. The Bertz CT molecular complexity index is 1250. The Kier molecular flexibility index (Phi) is 5.83. The summed E-state index contributed by atoms with van der Waals surface area (Å²) in [6.45, 7) is 2.88. The normalized spacial score (nSPS) is 19.0. The Morgan fingerprint density at radius 1 is 1.10 bits per heavy atom. The molecule has 1 radical (unpaired) electrons. The van der Waals surface area contributed by atoms with Crippen molar-refractivity contribution in [3.05, 3.63) is 71.9 Å². The molecular weight excluding hydrogens is 412 g/mol. The average Bonchev–Trinajstić information content (AvgIpc) is 2.79. The van der Waals surface area contributed by atoms with Crippen LogP contribution >= 0.6 is 0 Å². The molecule has 0 aliphatic carbocycles. The first kappa shape index (κ1) is 21.1. The van der Waals surface area contributed by atoms with Crippen molar-refractivity contribution in [2.75, 3.05) is 19.6 Å². The molecule has 1 unspecified atom stereocenters. The molecule has 3 aromatic rings. The number of pyridine rings is 1. The summed E-state index contributed by atoms with van der Waals surface area (Å²) in [6, 6.07) is 16.4. The maximum absolute atomic E-state index is 13.1. The van der Waals surface area contributed by atoms with E-state index < -0.39 is 16.1 Å². The molecule has 0 saturated carbocycles. The molecule has 2 aromatic carbocycles. The molecule has 0 N–H and O–H groups in total. The molecule has 2 heterocycles. The van der Waals surface area contributed by atoms with Gasteiger partial charge in [-0.3, -0.25) is 14.7 Å². The van der Waals surface area contributed by atoms with Crippen LogP contribution in [0.15, 0.2) is 65.7 Å². The standard InChI is InChI=1S/C23H21N4O3S/c1-17-15-26(23(16-28)21-4-2-6-22-20(21)5-3-11-25-22)12-13-27(17)31(29,30)19-9-7-18(14-24)8-10-19/h2-11,17,23H,12-13,15H2,1H3/t17-,23?/m0/s1. The van der Waals surface area contributed by atoms with E-state index in [9.17, 15) is 13.2 Å². The Labute approximate surface area is 181 Å². The fourth-order valence-corrected chi connectivity index (χ4v) is 5.71. The van der Waals surface area contributed by atoms with Gasteiger partial charge in [0.25, 0.3) is 0 Å². The Morgan fingerprint density at radius 2 is 1.87 bits per heavy atom. The summed E-state index contributed by atoms with van der Waals surface area (Å²) in [6.07, 6.45) is 3.86. The summed E-state index contributed by atoms with van der Waals surface area (Å²) in [7, 11) is -3.70. The van der Waals surface area contributed by atoms with E-state index in [1.807, 2.05) is 48.2 Å². The van der Waals surface area contributed by atoms with Crippen molar-refractivity contribution >= 4 is 27.2 Å². The van der Waals surface area contributed by atoms with Gasteiger partial charge in [-0.2, -0.15) is 9.57 Å². The zero-order chi connectivity index (χ0) is 22.0. The lowest BCUT2D eigenvalue weighted by Gasteiger charge is -2.41. The third-order valence-corrected chi connectivity index (χ3v) is 7.67. The summed E-state index contributed by atoms with van der Waals surface area (Å²) in [5.74, 6) is 0. The maximum atomic E-state index is 13.1. The van der Waals surface area contributed by atoms with Crippen LogP contribution in [0, 0.1) is 11.3 Å². The number of carbonyl (C=O) groups excluding carboxylic acids is 1. The minimum Gasteiger partial charge on any atom is -0.289 e. The lowest BCUT2D eigenvalue weighted by Crippen LogP contribution is -2.54. The van der Waals surface area contributed by atoms with E-state index in [2.05, 4.69) is 11.3 Å². The van der Waals surface area contributed by atoms with Gasteiger partial charge in [0, 0.05) is 37.3 Å². The molecule has 0 bridgehead atoms. The summed E-state index contributed by atoms with van der Waals surface area (Å²) in [5.41, 5.74) is 2.03. The van der Waals surface area contributed by atoms with E-state index in [1.54, 1.807) is 6.20 Å². The number of sulfonamides is 1. The molecule has 0 spiro atoms. The van der Waals surface area contributed by atoms with Crippen molar-refractivity contribution in [2.45, 2.75) is 23.9 Å². The van der Waals surface area contributed by atoms with Crippen LogP contribution in [0.3, 0.4) is 0 Å². The van der Waals surface area contributed by atoms with E-state index in [1.165, 1.54) is 28.6 Å². The molecule has 8 heteroatoms. The highest BCUT2D eigenvalue weighted by Gasteiger charge is 2.36.